The molecule has 0 spiro atoms. The van der Waals surface area contributed by atoms with Crippen LogP contribution in [-0.2, 0) is 25.5 Å². The van der Waals surface area contributed by atoms with Crippen LogP contribution in [0.2, 0.25) is 0 Å². The van der Waals surface area contributed by atoms with Crippen LogP contribution in [0.4, 0.5) is 0 Å². The number of aliphatic hydroxyl groups excluding tert-OH is 1. The van der Waals surface area contributed by atoms with Crippen LogP contribution in [0.5, 0.6) is 0 Å². The Morgan fingerprint density at radius 1 is 1.15 bits per heavy atom. The molecule has 0 unspecified atom stereocenters. The van der Waals surface area contributed by atoms with Gasteiger partial charge in [0.2, 0.25) is 11.8 Å². The first-order valence-electron chi connectivity index (χ1n) is 11.9. The van der Waals surface area contributed by atoms with Gasteiger partial charge in [0.25, 0.3) is 0 Å². The Hall–Kier alpha value is -2.67. The van der Waals surface area contributed by atoms with E-state index in [2.05, 4.69) is 10.6 Å². The van der Waals surface area contributed by atoms with E-state index in [0.717, 1.165) is 5.56 Å². The van der Waals surface area contributed by atoms with E-state index >= 15 is 0 Å². The molecule has 1 aromatic carbocycles. The normalized spacial score (nSPS) is 23.5. The number of carbonyl (C=O) groups excluding carboxylic acids is 3. The summed E-state index contributed by atoms with van der Waals surface area (Å²) in [7, 11) is 0. The van der Waals surface area contributed by atoms with Gasteiger partial charge in [0.15, 0.2) is 0 Å². The maximum atomic E-state index is 13.0. The van der Waals surface area contributed by atoms with Crippen LogP contribution in [0.25, 0.3) is 0 Å². The zero-order valence-corrected chi connectivity index (χ0v) is 20.0. The highest BCUT2D eigenvalue weighted by molar-refractivity contribution is 5.86. The first-order valence-corrected chi connectivity index (χ1v) is 11.9. The second-order valence-corrected chi connectivity index (χ2v) is 9.21. The molecule has 3 N–H and O–H groups in total. The van der Waals surface area contributed by atoms with Gasteiger partial charge in [0, 0.05) is 12.5 Å². The monoisotopic (exact) mass is 458 g/mol. The Morgan fingerprint density at radius 3 is 2.55 bits per heavy atom. The number of nitrogens with one attached hydrogen (secondary N) is 2. The Kier molecular flexibility index (Phi) is 11.1. The number of rotatable bonds is 7. The summed E-state index contributed by atoms with van der Waals surface area (Å²) in [5.74, 6) is -1.50. The zero-order chi connectivity index (χ0) is 24.2. The van der Waals surface area contributed by atoms with Crippen molar-refractivity contribution in [2.75, 3.05) is 13.2 Å². The average molecular weight is 459 g/mol. The van der Waals surface area contributed by atoms with Crippen molar-refractivity contribution in [1.29, 1.82) is 0 Å². The molecule has 2 amide bonds. The fourth-order valence-corrected chi connectivity index (χ4v) is 3.75. The number of benzene rings is 1. The molecule has 1 aromatic rings. The predicted molar refractivity (Wildman–Crippen MR) is 127 cm³/mol. The Labute approximate surface area is 197 Å². The topological polar surface area (TPSA) is 105 Å². The van der Waals surface area contributed by atoms with Gasteiger partial charge in [-0.05, 0) is 44.1 Å². The largest absolute Gasteiger partial charge is 0.463 e. The van der Waals surface area contributed by atoms with Gasteiger partial charge in [-0.15, -0.1) is 0 Å². The van der Waals surface area contributed by atoms with E-state index in [4.69, 9.17) is 9.84 Å². The summed E-state index contributed by atoms with van der Waals surface area (Å²) in [5, 5.41) is 14.8. The highest BCUT2D eigenvalue weighted by atomic mass is 16.5. The Morgan fingerprint density at radius 2 is 1.88 bits per heavy atom. The van der Waals surface area contributed by atoms with Crippen LogP contribution in [0, 0.1) is 17.8 Å². The molecule has 1 aliphatic rings. The molecular weight excluding hydrogens is 420 g/mol. The summed E-state index contributed by atoms with van der Waals surface area (Å²) < 4.78 is 5.66. The molecule has 0 saturated carbocycles. The maximum Gasteiger partial charge on any atom is 0.309 e. The fraction of sp³-hybridized carbons (Fsp3) is 0.577. The summed E-state index contributed by atoms with van der Waals surface area (Å²) >= 11 is 0. The zero-order valence-electron chi connectivity index (χ0n) is 20.0. The van der Waals surface area contributed by atoms with E-state index in [1.807, 2.05) is 56.3 Å². The second kappa shape index (κ2) is 13.8. The molecule has 0 saturated heterocycles. The van der Waals surface area contributed by atoms with Gasteiger partial charge < -0.3 is 20.5 Å². The van der Waals surface area contributed by atoms with Crippen molar-refractivity contribution in [2.24, 2.45) is 17.8 Å². The number of cyclic esters (lactones) is 1. The number of ether oxygens (including phenoxy) is 1. The number of amides is 2. The lowest BCUT2D eigenvalue weighted by atomic mass is 9.94. The molecule has 0 bridgehead atoms. The fourth-order valence-electron chi connectivity index (χ4n) is 3.75. The highest BCUT2D eigenvalue weighted by Gasteiger charge is 2.28. The lowest BCUT2D eigenvalue weighted by Gasteiger charge is -2.25. The molecule has 182 valence electrons. The van der Waals surface area contributed by atoms with Crippen LogP contribution in [0.15, 0.2) is 42.5 Å². The Balaban J connectivity index is 2.14. The van der Waals surface area contributed by atoms with E-state index in [9.17, 15) is 14.4 Å². The predicted octanol–water partition coefficient (Wildman–Crippen LogP) is 2.77. The first-order chi connectivity index (χ1) is 15.8. The number of hydrogen-bond acceptors (Lipinski definition) is 5. The lowest BCUT2D eigenvalue weighted by molar-refractivity contribution is -0.150. The van der Waals surface area contributed by atoms with Crippen molar-refractivity contribution in [3.63, 3.8) is 0 Å². The summed E-state index contributed by atoms with van der Waals surface area (Å²) in [6.07, 6.45) is 6.28. The summed E-state index contributed by atoms with van der Waals surface area (Å²) in [4.78, 5) is 38.2. The van der Waals surface area contributed by atoms with Crippen LogP contribution in [0.1, 0.15) is 52.0 Å². The Bertz CT molecular complexity index is 793. The van der Waals surface area contributed by atoms with Crippen molar-refractivity contribution in [2.45, 2.75) is 65.0 Å². The van der Waals surface area contributed by atoms with Gasteiger partial charge in [-0.2, -0.15) is 0 Å². The smallest absolute Gasteiger partial charge is 0.309 e. The number of hydrogen-bond donors (Lipinski definition) is 3. The number of esters is 1. The van der Waals surface area contributed by atoms with Gasteiger partial charge in [-0.3, -0.25) is 14.4 Å². The SMILES string of the molecule is CC(C)[C@H]1COC(=O)[C@@H](Cc2ccccc2)CCC=CC[C@H](CC(=O)N[C@H](C)CO)C(=O)N1. The van der Waals surface area contributed by atoms with E-state index in [-0.39, 0.29) is 61.3 Å². The molecule has 0 radical (unpaired) electrons. The van der Waals surface area contributed by atoms with Crippen LogP contribution >= 0.6 is 0 Å². The lowest BCUT2D eigenvalue weighted by Crippen LogP contribution is -2.46. The molecule has 1 heterocycles. The molecule has 33 heavy (non-hydrogen) atoms. The van der Waals surface area contributed by atoms with Gasteiger partial charge in [-0.1, -0.05) is 56.3 Å². The third-order valence-electron chi connectivity index (χ3n) is 5.95. The molecule has 7 nitrogen and oxygen atoms in total. The van der Waals surface area contributed by atoms with Crippen molar-refractivity contribution in [1.82, 2.24) is 10.6 Å². The molecular formula is C26H38N2O5. The molecule has 7 heteroatoms. The third kappa shape index (κ3) is 9.38. The molecule has 2 rings (SSSR count). The van der Waals surface area contributed by atoms with E-state index in [0.29, 0.717) is 25.7 Å². The van der Waals surface area contributed by atoms with Crippen LogP contribution < -0.4 is 10.6 Å². The standard InChI is InChI=1S/C26H38N2O5/c1-18(2)23-17-33-26(32)22(14-20-10-6-4-7-11-20)13-9-5-8-12-21(25(31)28-23)15-24(30)27-19(3)16-29/h4-8,10-11,18-19,21-23,29H,9,12-17H2,1-3H3,(H,27,30)(H,28,31)/t19-,21-,22-,23-/m1/s1. The first kappa shape index (κ1) is 26.6. The minimum absolute atomic E-state index is 0.0295. The van der Waals surface area contributed by atoms with E-state index in [1.165, 1.54) is 0 Å². The van der Waals surface area contributed by atoms with Crippen molar-refractivity contribution in [3.05, 3.63) is 48.0 Å². The number of allylic oxidation sites excluding steroid dienone is 2. The molecule has 0 aromatic heterocycles. The van der Waals surface area contributed by atoms with Gasteiger partial charge >= 0.3 is 5.97 Å². The second-order valence-electron chi connectivity index (χ2n) is 9.21. The minimum atomic E-state index is -0.537. The van der Waals surface area contributed by atoms with Crippen molar-refractivity contribution in [3.8, 4) is 0 Å². The number of carbonyl (C=O) groups is 3. The van der Waals surface area contributed by atoms with Gasteiger partial charge in [0.1, 0.15) is 6.61 Å². The average Bonchev–Trinajstić information content (AvgIpc) is 2.80. The van der Waals surface area contributed by atoms with Crippen molar-refractivity contribution < 1.29 is 24.2 Å². The maximum absolute atomic E-state index is 13.0. The summed E-state index contributed by atoms with van der Waals surface area (Å²) in [6.45, 7) is 5.57. The summed E-state index contributed by atoms with van der Waals surface area (Å²) in [6, 6.07) is 9.18. The quantitative estimate of drug-likeness (QED) is 0.431. The molecule has 4 atom stereocenters. The van der Waals surface area contributed by atoms with E-state index in [1.54, 1.807) is 6.92 Å². The van der Waals surface area contributed by atoms with Crippen LogP contribution in [0.3, 0.4) is 0 Å². The van der Waals surface area contributed by atoms with E-state index < -0.39 is 5.92 Å². The third-order valence-corrected chi connectivity index (χ3v) is 5.95. The summed E-state index contributed by atoms with van der Waals surface area (Å²) in [5.41, 5.74) is 1.09. The molecule has 0 aliphatic carbocycles. The van der Waals surface area contributed by atoms with Crippen LogP contribution in [-0.4, -0.2) is 48.2 Å². The highest BCUT2D eigenvalue weighted by Crippen LogP contribution is 2.19. The van der Waals surface area contributed by atoms with Gasteiger partial charge in [-0.25, -0.2) is 0 Å². The number of aliphatic hydroxyl groups is 1. The van der Waals surface area contributed by atoms with Crippen molar-refractivity contribution >= 4 is 17.8 Å². The molecule has 1 aliphatic heterocycles. The minimum Gasteiger partial charge on any atom is -0.463 e. The van der Waals surface area contributed by atoms with Gasteiger partial charge in [0.05, 0.1) is 24.5 Å². The molecule has 0 fully saturated rings.